The summed E-state index contributed by atoms with van der Waals surface area (Å²) >= 11 is 0. The Morgan fingerprint density at radius 2 is 2.19 bits per heavy atom. The summed E-state index contributed by atoms with van der Waals surface area (Å²) in [6, 6.07) is 1.82. The average molecular weight is 364 g/mol. The van der Waals surface area contributed by atoms with Crippen LogP contribution in [-0.2, 0) is 4.79 Å². The van der Waals surface area contributed by atoms with Crippen molar-refractivity contribution in [2.75, 3.05) is 13.1 Å². The fourth-order valence-electron chi connectivity index (χ4n) is 3.52. The molecule has 1 amide bonds. The van der Waals surface area contributed by atoms with Gasteiger partial charge >= 0.3 is 6.18 Å². The first-order valence-electron chi connectivity index (χ1n) is 8.21. The number of hydrogen-bond acceptors (Lipinski definition) is 5. The van der Waals surface area contributed by atoms with E-state index in [1.165, 1.54) is 4.90 Å². The van der Waals surface area contributed by atoms with Crippen molar-refractivity contribution in [2.24, 2.45) is 0 Å². The Balaban J connectivity index is 1.69. The van der Waals surface area contributed by atoms with Crippen molar-refractivity contribution in [1.29, 1.82) is 0 Å². The van der Waals surface area contributed by atoms with E-state index < -0.39 is 18.5 Å². The molecular formula is C16H15F3N6O. The monoisotopic (exact) mass is 364 g/mol. The Morgan fingerprint density at radius 1 is 1.35 bits per heavy atom. The number of aromatic nitrogens is 5. The van der Waals surface area contributed by atoms with Gasteiger partial charge in [0.2, 0.25) is 5.91 Å². The molecular weight excluding hydrogens is 349 g/mol. The number of hydrogen-bond donors (Lipinski definition) is 1. The number of H-pyrrole nitrogens is 1. The fraction of sp³-hybridized carbons (Fsp3) is 0.438. The molecule has 1 saturated heterocycles. The van der Waals surface area contributed by atoms with E-state index in [9.17, 15) is 18.0 Å². The summed E-state index contributed by atoms with van der Waals surface area (Å²) in [6.07, 6.45) is -1.25. The zero-order valence-corrected chi connectivity index (χ0v) is 13.6. The highest BCUT2D eigenvalue weighted by Crippen LogP contribution is 2.34. The van der Waals surface area contributed by atoms with Gasteiger partial charge in [-0.25, -0.2) is 4.98 Å². The second-order valence-corrected chi connectivity index (χ2v) is 6.40. The van der Waals surface area contributed by atoms with Crippen LogP contribution in [0.1, 0.15) is 30.7 Å². The molecule has 3 aromatic heterocycles. The molecule has 136 valence electrons. The van der Waals surface area contributed by atoms with Gasteiger partial charge in [-0.15, -0.1) is 10.2 Å². The molecule has 7 nitrogen and oxygen atoms in total. The number of rotatable bonds is 2. The van der Waals surface area contributed by atoms with E-state index in [-0.39, 0.29) is 12.5 Å². The largest absolute Gasteiger partial charge is 0.397 e. The Kier molecular flexibility index (Phi) is 3.97. The Morgan fingerprint density at radius 3 is 3.00 bits per heavy atom. The highest BCUT2D eigenvalue weighted by molar-refractivity contribution is 6.03. The molecule has 26 heavy (non-hydrogen) atoms. The summed E-state index contributed by atoms with van der Waals surface area (Å²) in [5.41, 5.74) is 1.83. The van der Waals surface area contributed by atoms with E-state index in [4.69, 9.17) is 0 Å². The lowest BCUT2D eigenvalue weighted by atomic mass is 9.89. The summed E-state index contributed by atoms with van der Waals surface area (Å²) in [4.78, 5) is 17.4. The molecule has 1 aliphatic heterocycles. The van der Waals surface area contributed by atoms with Crippen LogP contribution in [0.5, 0.6) is 0 Å². The molecule has 0 saturated carbocycles. The third kappa shape index (κ3) is 3.06. The van der Waals surface area contributed by atoms with Crippen LogP contribution in [0.2, 0.25) is 0 Å². The van der Waals surface area contributed by atoms with Gasteiger partial charge in [0.05, 0.1) is 6.20 Å². The number of carbonyl (C=O) groups is 1. The number of fused-ring (bicyclic) bond motifs is 3. The van der Waals surface area contributed by atoms with E-state index in [0.29, 0.717) is 24.3 Å². The number of amides is 1. The van der Waals surface area contributed by atoms with Crippen LogP contribution >= 0.6 is 0 Å². The maximum absolute atomic E-state index is 12.5. The third-order valence-corrected chi connectivity index (χ3v) is 4.66. The maximum Gasteiger partial charge on any atom is 0.397 e. The van der Waals surface area contributed by atoms with Crippen LogP contribution in [-0.4, -0.2) is 55.5 Å². The summed E-state index contributed by atoms with van der Waals surface area (Å²) < 4.78 is 37.6. The van der Waals surface area contributed by atoms with Crippen molar-refractivity contribution in [3.05, 3.63) is 24.0 Å². The van der Waals surface area contributed by atoms with Gasteiger partial charge in [0, 0.05) is 36.0 Å². The van der Waals surface area contributed by atoms with Gasteiger partial charge in [0.1, 0.15) is 6.42 Å². The molecule has 0 radical (unpaired) electrons. The van der Waals surface area contributed by atoms with Gasteiger partial charge < -0.3 is 4.90 Å². The maximum atomic E-state index is 12.5. The van der Waals surface area contributed by atoms with Gasteiger partial charge in [0.15, 0.2) is 11.3 Å². The van der Waals surface area contributed by atoms with Crippen molar-refractivity contribution >= 4 is 28.0 Å². The molecule has 4 heterocycles. The molecule has 3 aromatic rings. The molecule has 1 N–H and O–H groups in total. The van der Waals surface area contributed by atoms with Gasteiger partial charge in [-0.3, -0.25) is 9.89 Å². The average Bonchev–Trinajstić information content (AvgIpc) is 3.09. The summed E-state index contributed by atoms with van der Waals surface area (Å²) in [5.74, 6) is -1.00. The highest BCUT2D eigenvalue weighted by Gasteiger charge is 2.35. The predicted molar refractivity (Wildman–Crippen MR) is 86.2 cm³/mol. The van der Waals surface area contributed by atoms with Gasteiger partial charge in [0.25, 0.3) is 0 Å². The SMILES string of the molecule is O=C(CC(F)(F)F)N1CCCC(c2cn[nH]c3nnc4nccc4c23)C1. The lowest BCUT2D eigenvalue weighted by molar-refractivity contribution is -0.162. The second-order valence-electron chi connectivity index (χ2n) is 6.40. The van der Waals surface area contributed by atoms with E-state index in [1.807, 2.05) is 6.07 Å². The topological polar surface area (TPSA) is 87.7 Å². The van der Waals surface area contributed by atoms with Crippen molar-refractivity contribution < 1.29 is 18.0 Å². The number of likely N-dealkylation sites (tertiary alicyclic amines) is 1. The number of halogens is 3. The molecule has 1 unspecified atom stereocenters. The predicted octanol–water partition coefficient (Wildman–Crippen LogP) is 2.56. The number of nitrogens with zero attached hydrogens (tertiary/aromatic N) is 5. The Hall–Kier alpha value is -2.78. The number of piperidine rings is 1. The standard InChI is InChI=1S/C16H15F3N6O/c17-16(18,19)6-12(26)25-5-1-2-9(8-25)11-7-21-22-15-13(11)10-3-4-20-14(10)23-24-15/h3-4,7,9H,1-2,5-6,8H2,(H,22,24). The molecule has 4 rings (SSSR count). The Bertz CT molecular complexity index is 969. The first kappa shape index (κ1) is 16.7. The Labute approximate surface area is 145 Å². The van der Waals surface area contributed by atoms with Crippen LogP contribution < -0.4 is 0 Å². The smallest absolute Gasteiger partial charge is 0.342 e. The van der Waals surface area contributed by atoms with Crippen LogP contribution in [0, 0.1) is 0 Å². The second kappa shape index (κ2) is 6.19. The van der Waals surface area contributed by atoms with Crippen LogP contribution in [0.4, 0.5) is 13.2 Å². The zero-order valence-electron chi connectivity index (χ0n) is 13.6. The van der Waals surface area contributed by atoms with Gasteiger partial charge in [-0.1, -0.05) is 0 Å². The molecule has 0 spiro atoms. The zero-order chi connectivity index (χ0) is 18.3. The van der Waals surface area contributed by atoms with Crippen LogP contribution in [0.25, 0.3) is 22.1 Å². The van der Waals surface area contributed by atoms with E-state index in [1.54, 1.807) is 12.4 Å². The molecule has 1 atom stereocenters. The normalized spacial score (nSPS) is 18.6. The minimum absolute atomic E-state index is 0.118. The van der Waals surface area contributed by atoms with Crippen molar-refractivity contribution in [3.63, 3.8) is 0 Å². The number of carbonyl (C=O) groups excluding carboxylic acids is 1. The molecule has 0 bridgehead atoms. The van der Waals surface area contributed by atoms with E-state index in [0.717, 1.165) is 22.8 Å². The molecule has 10 heteroatoms. The molecule has 1 aliphatic rings. The number of aromatic amines is 1. The van der Waals surface area contributed by atoms with Crippen molar-refractivity contribution in [1.82, 2.24) is 30.3 Å². The first-order valence-corrected chi connectivity index (χ1v) is 8.21. The fourth-order valence-corrected chi connectivity index (χ4v) is 3.52. The third-order valence-electron chi connectivity index (χ3n) is 4.66. The van der Waals surface area contributed by atoms with Gasteiger partial charge in [-0.05, 0) is 24.5 Å². The molecule has 0 aliphatic carbocycles. The van der Waals surface area contributed by atoms with E-state index in [2.05, 4.69) is 25.4 Å². The van der Waals surface area contributed by atoms with Crippen LogP contribution in [0.3, 0.4) is 0 Å². The highest BCUT2D eigenvalue weighted by atomic mass is 19.4. The quantitative estimate of drug-likeness (QED) is 0.755. The van der Waals surface area contributed by atoms with Crippen molar-refractivity contribution in [3.8, 4) is 0 Å². The van der Waals surface area contributed by atoms with Crippen LogP contribution in [0.15, 0.2) is 18.5 Å². The summed E-state index contributed by atoms with van der Waals surface area (Å²) in [7, 11) is 0. The molecule has 0 aromatic carbocycles. The molecule has 1 fully saturated rings. The lowest BCUT2D eigenvalue weighted by Crippen LogP contribution is -2.41. The summed E-state index contributed by atoms with van der Waals surface area (Å²) in [6.45, 7) is 0.566. The number of nitrogens with one attached hydrogen (secondary N) is 1. The van der Waals surface area contributed by atoms with E-state index >= 15 is 0 Å². The minimum atomic E-state index is -4.50. The summed E-state index contributed by atoms with van der Waals surface area (Å²) in [5, 5.41) is 16.6. The lowest BCUT2D eigenvalue weighted by Gasteiger charge is -2.33. The number of alkyl halides is 3. The van der Waals surface area contributed by atoms with Gasteiger partial charge in [-0.2, -0.15) is 18.3 Å². The van der Waals surface area contributed by atoms with Crippen molar-refractivity contribution in [2.45, 2.75) is 31.4 Å². The first-order chi connectivity index (χ1) is 12.4. The minimum Gasteiger partial charge on any atom is -0.342 e.